The molecule has 3 aromatic rings. The highest BCUT2D eigenvalue weighted by molar-refractivity contribution is 5.74. The van der Waals surface area contributed by atoms with Crippen LogP contribution in [-0.4, -0.2) is 58.0 Å². The van der Waals surface area contributed by atoms with E-state index in [1.165, 1.54) is 7.11 Å². The molecule has 2 aromatic heterocycles. The van der Waals surface area contributed by atoms with E-state index >= 15 is 0 Å². The molecular formula is C23H26FN5O3. The molecule has 1 saturated carbocycles. The highest BCUT2D eigenvalue weighted by Gasteiger charge is 2.29. The van der Waals surface area contributed by atoms with Gasteiger partial charge in [-0.1, -0.05) is 6.07 Å². The third-order valence-electron chi connectivity index (χ3n) is 5.72. The number of ether oxygens (including phenoxy) is 2. The Hall–Kier alpha value is -3.33. The summed E-state index contributed by atoms with van der Waals surface area (Å²) in [7, 11) is 3.40. The molecule has 2 N–H and O–H groups in total. The molecule has 1 aliphatic carbocycles. The molecule has 4 rings (SSSR count). The van der Waals surface area contributed by atoms with Crippen molar-refractivity contribution in [3.8, 4) is 39.9 Å². The fourth-order valence-electron chi connectivity index (χ4n) is 3.89. The van der Waals surface area contributed by atoms with Gasteiger partial charge in [0.1, 0.15) is 18.0 Å². The van der Waals surface area contributed by atoms with Gasteiger partial charge in [0.25, 0.3) is 0 Å². The Labute approximate surface area is 185 Å². The number of phenols is 1. The van der Waals surface area contributed by atoms with E-state index in [0.717, 1.165) is 24.0 Å². The van der Waals surface area contributed by atoms with Gasteiger partial charge in [0.15, 0.2) is 0 Å². The summed E-state index contributed by atoms with van der Waals surface area (Å²) in [6, 6.07) is 10.5. The van der Waals surface area contributed by atoms with Gasteiger partial charge in [0.05, 0.1) is 19.0 Å². The van der Waals surface area contributed by atoms with E-state index in [-0.39, 0.29) is 17.7 Å². The molecule has 1 fully saturated rings. The van der Waals surface area contributed by atoms with Crippen LogP contribution in [0.1, 0.15) is 25.7 Å². The fourth-order valence-corrected chi connectivity index (χ4v) is 3.89. The minimum atomic E-state index is -1.03. The van der Waals surface area contributed by atoms with Crippen LogP contribution in [-0.2, 0) is 0 Å². The minimum absolute atomic E-state index is 0.0469. The normalized spacial score (nSPS) is 21.0. The topological polar surface area (TPSA) is 102 Å². The van der Waals surface area contributed by atoms with E-state index in [0.29, 0.717) is 30.0 Å². The summed E-state index contributed by atoms with van der Waals surface area (Å²) in [4.78, 5) is 0. The zero-order valence-electron chi connectivity index (χ0n) is 18.0. The van der Waals surface area contributed by atoms with Crippen LogP contribution in [0.25, 0.3) is 22.4 Å². The molecule has 9 heteroatoms. The summed E-state index contributed by atoms with van der Waals surface area (Å²) in [5.74, 6) is 0.702. The molecular weight excluding hydrogens is 413 g/mol. The van der Waals surface area contributed by atoms with Crippen molar-refractivity contribution < 1.29 is 19.0 Å². The molecule has 0 spiro atoms. The maximum absolute atomic E-state index is 14.5. The van der Waals surface area contributed by atoms with Gasteiger partial charge >= 0.3 is 0 Å². The summed E-state index contributed by atoms with van der Waals surface area (Å²) < 4.78 is 25.4. The lowest BCUT2D eigenvalue weighted by Crippen LogP contribution is -2.35. The second kappa shape index (κ2) is 9.86. The lowest BCUT2D eigenvalue weighted by Gasteiger charge is -2.22. The zero-order valence-corrected chi connectivity index (χ0v) is 18.0. The molecule has 8 nitrogen and oxygen atoms in total. The van der Waals surface area contributed by atoms with Crippen LogP contribution in [0.4, 0.5) is 4.39 Å². The molecule has 0 saturated heterocycles. The Bertz CT molecular complexity index is 1050. The van der Waals surface area contributed by atoms with Gasteiger partial charge in [-0.3, -0.25) is 0 Å². The Morgan fingerprint density at radius 2 is 1.91 bits per heavy atom. The molecule has 168 valence electrons. The number of benzene rings is 1. The van der Waals surface area contributed by atoms with Crippen LogP contribution in [0.15, 0.2) is 42.6 Å². The lowest BCUT2D eigenvalue weighted by molar-refractivity contribution is 0.0837. The van der Waals surface area contributed by atoms with Crippen LogP contribution in [0.3, 0.4) is 0 Å². The van der Waals surface area contributed by atoms with E-state index < -0.39 is 12.3 Å². The van der Waals surface area contributed by atoms with Crippen molar-refractivity contribution in [2.75, 3.05) is 14.2 Å². The number of alkyl halides is 1. The zero-order chi connectivity index (χ0) is 22.5. The number of rotatable bonds is 6. The molecule has 3 atom stereocenters. The van der Waals surface area contributed by atoms with Crippen molar-refractivity contribution in [3.63, 3.8) is 0 Å². The number of methoxy groups -OCH3 is 1. The molecule has 2 unspecified atom stereocenters. The monoisotopic (exact) mass is 439 g/mol. The minimum Gasteiger partial charge on any atom is -0.507 e. The number of aromatic nitrogens is 4. The highest BCUT2D eigenvalue weighted by atomic mass is 19.1. The summed E-state index contributed by atoms with van der Waals surface area (Å²) in [6.07, 6.45) is 2.81. The fraction of sp³-hybridized carbons (Fsp3) is 0.391. The van der Waals surface area contributed by atoms with Crippen LogP contribution in [0.5, 0.6) is 17.5 Å². The Kier molecular flexibility index (Phi) is 6.75. The van der Waals surface area contributed by atoms with Gasteiger partial charge in [0, 0.05) is 35.7 Å². The predicted molar refractivity (Wildman–Crippen MR) is 117 cm³/mol. The smallest absolute Gasteiger partial charge is 0.233 e. The van der Waals surface area contributed by atoms with Crippen LogP contribution >= 0.6 is 0 Å². The van der Waals surface area contributed by atoms with E-state index in [1.807, 2.05) is 13.1 Å². The maximum atomic E-state index is 14.5. The van der Waals surface area contributed by atoms with E-state index in [4.69, 9.17) is 9.47 Å². The quantitative estimate of drug-likeness (QED) is 0.562. The van der Waals surface area contributed by atoms with Crippen molar-refractivity contribution in [3.05, 3.63) is 42.6 Å². The molecule has 0 amide bonds. The van der Waals surface area contributed by atoms with Crippen molar-refractivity contribution in [2.24, 2.45) is 0 Å². The van der Waals surface area contributed by atoms with Crippen LogP contribution < -0.4 is 14.8 Å². The predicted octanol–water partition coefficient (Wildman–Crippen LogP) is 3.56. The lowest BCUT2D eigenvalue weighted by atomic mass is 10.0. The SMILES string of the molecule is CNC1CCCC(F)[C@@H](Oc2ccc(-c3ccc(-c4cnnc(OC)c4)cc3O)nn2)C1. The number of hydrogen-bond donors (Lipinski definition) is 2. The summed E-state index contributed by atoms with van der Waals surface area (Å²) in [5.41, 5.74) is 2.53. The number of aromatic hydroxyl groups is 1. The van der Waals surface area contributed by atoms with Crippen molar-refractivity contribution in [2.45, 2.75) is 44.0 Å². The van der Waals surface area contributed by atoms with Crippen molar-refractivity contribution >= 4 is 0 Å². The van der Waals surface area contributed by atoms with Crippen molar-refractivity contribution in [1.29, 1.82) is 0 Å². The second-order valence-electron chi connectivity index (χ2n) is 7.80. The van der Waals surface area contributed by atoms with Gasteiger partial charge in [-0.05, 0) is 50.1 Å². The van der Waals surface area contributed by atoms with Gasteiger partial charge in [-0.2, -0.15) is 5.10 Å². The van der Waals surface area contributed by atoms with E-state index in [1.54, 1.807) is 36.5 Å². The van der Waals surface area contributed by atoms with E-state index in [9.17, 15) is 9.50 Å². The number of halogens is 1. The first-order valence-corrected chi connectivity index (χ1v) is 10.6. The molecule has 0 aliphatic heterocycles. The average molecular weight is 439 g/mol. The van der Waals surface area contributed by atoms with Crippen LogP contribution in [0, 0.1) is 0 Å². The Morgan fingerprint density at radius 1 is 1.03 bits per heavy atom. The van der Waals surface area contributed by atoms with Crippen molar-refractivity contribution in [1.82, 2.24) is 25.7 Å². The number of hydrogen-bond acceptors (Lipinski definition) is 8. The first-order chi connectivity index (χ1) is 15.6. The third kappa shape index (κ3) is 4.94. The van der Waals surface area contributed by atoms with Gasteiger partial charge in [-0.15, -0.1) is 15.3 Å². The molecule has 2 heterocycles. The maximum Gasteiger partial charge on any atom is 0.233 e. The third-order valence-corrected chi connectivity index (χ3v) is 5.72. The number of nitrogens with zero attached hydrogens (tertiary/aromatic N) is 4. The summed E-state index contributed by atoms with van der Waals surface area (Å²) >= 11 is 0. The van der Waals surface area contributed by atoms with Gasteiger partial charge in [-0.25, -0.2) is 4.39 Å². The number of phenolic OH excluding ortho intramolecular Hbond substituents is 1. The standard InChI is InChI=1S/C23H26FN5O3/c1-25-16-4-3-5-18(24)21(12-16)32-22-9-8-19(27-29-22)17-7-6-14(10-20(17)30)15-11-23(31-2)28-26-13-15/h6-11,13,16,18,21,25,30H,3-5,12H2,1-2H3/t16?,18?,21-/m0/s1. The largest absolute Gasteiger partial charge is 0.507 e. The first kappa shape index (κ1) is 21.9. The first-order valence-electron chi connectivity index (χ1n) is 10.6. The molecule has 32 heavy (non-hydrogen) atoms. The summed E-state index contributed by atoms with van der Waals surface area (Å²) in [6.45, 7) is 0. The molecule has 1 aliphatic rings. The highest BCUT2D eigenvalue weighted by Crippen LogP contribution is 2.33. The Balaban J connectivity index is 1.50. The number of nitrogens with one attached hydrogen (secondary N) is 1. The van der Waals surface area contributed by atoms with Gasteiger partial charge < -0.3 is 19.9 Å². The second-order valence-corrected chi connectivity index (χ2v) is 7.80. The average Bonchev–Trinajstić information content (AvgIpc) is 3.00. The van der Waals surface area contributed by atoms with E-state index in [2.05, 4.69) is 25.7 Å². The molecule has 1 aromatic carbocycles. The van der Waals surface area contributed by atoms with Crippen LogP contribution in [0.2, 0.25) is 0 Å². The van der Waals surface area contributed by atoms with Gasteiger partial charge in [0.2, 0.25) is 11.8 Å². The molecule has 0 radical (unpaired) electrons. The molecule has 0 bridgehead atoms. The Morgan fingerprint density at radius 3 is 2.62 bits per heavy atom. The summed E-state index contributed by atoms with van der Waals surface area (Å²) in [5, 5.41) is 29.8.